The van der Waals surface area contributed by atoms with Gasteiger partial charge in [-0.2, -0.15) is 0 Å². The molecule has 1 aromatic rings. The van der Waals surface area contributed by atoms with E-state index in [0.717, 1.165) is 31.1 Å². The third-order valence-corrected chi connectivity index (χ3v) is 5.47. The molecule has 1 aromatic heterocycles. The Morgan fingerprint density at radius 3 is 2.78 bits per heavy atom. The van der Waals surface area contributed by atoms with Crippen LogP contribution in [0.2, 0.25) is 0 Å². The molecule has 1 aliphatic heterocycles. The molecule has 7 heteroatoms. The number of sulfonamides is 1. The fourth-order valence-electron chi connectivity index (χ4n) is 2.14. The number of nitrogens with zero attached hydrogens (tertiary/aromatic N) is 2. The number of aromatic nitrogens is 1. The van der Waals surface area contributed by atoms with Crippen molar-refractivity contribution in [3.8, 4) is 0 Å². The van der Waals surface area contributed by atoms with E-state index < -0.39 is 10.0 Å². The zero-order valence-electron chi connectivity index (χ0n) is 10.5. The molecule has 5 nitrogen and oxygen atoms in total. The van der Waals surface area contributed by atoms with Crippen LogP contribution in [0.3, 0.4) is 0 Å². The molecule has 2 heterocycles. The summed E-state index contributed by atoms with van der Waals surface area (Å²) in [7, 11) is -3.08. The molecule has 0 saturated carbocycles. The summed E-state index contributed by atoms with van der Waals surface area (Å²) in [5.74, 6) is 0.222. The summed E-state index contributed by atoms with van der Waals surface area (Å²) >= 11 is 1.63. The van der Waals surface area contributed by atoms with Crippen molar-refractivity contribution in [2.24, 2.45) is 0 Å². The summed E-state index contributed by atoms with van der Waals surface area (Å²) in [4.78, 5) is 6.49. The van der Waals surface area contributed by atoms with Gasteiger partial charge in [-0.25, -0.2) is 18.1 Å². The van der Waals surface area contributed by atoms with E-state index in [2.05, 4.69) is 14.6 Å². The average molecular weight is 289 g/mol. The van der Waals surface area contributed by atoms with Crippen LogP contribution in [0.25, 0.3) is 0 Å². The zero-order valence-corrected chi connectivity index (χ0v) is 12.1. The van der Waals surface area contributed by atoms with Crippen molar-refractivity contribution >= 4 is 26.5 Å². The summed E-state index contributed by atoms with van der Waals surface area (Å²) < 4.78 is 26.1. The van der Waals surface area contributed by atoms with Crippen LogP contribution < -0.4 is 9.62 Å². The third kappa shape index (κ3) is 3.66. The fourth-order valence-corrected chi connectivity index (χ4v) is 4.24. The van der Waals surface area contributed by atoms with Crippen LogP contribution in [0, 0.1) is 0 Å². The number of hydrogen-bond donors (Lipinski definition) is 1. The molecule has 1 N–H and O–H groups in total. The SMILES string of the molecule is CCCS(=O)(=O)NC1CCN(c2nccs2)CC1. The smallest absolute Gasteiger partial charge is 0.211 e. The van der Waals surface area contributed by atoms with Gasteiger partial charge >= 0.3 is 0 Å². The molecule has 0 radical (unpaired) electrons. The maximum absolute atomic E-state index is 11.7. The maximum Gasteiger partial charge on any atom is 0.211 e. The maximum atomic E-state index is 11.7. The zero-order chi connectivity index (χ0) is 13.0. The predicted octanol–water partition coefficient (Wildman–Crippen LogP) is 1.44. The van der Waals surface area contributed by atoms with Gasteiger partial charge in [-0.3, -0.25) is 0 Å². The fraction of sp³-hybridized carbons (Fsp3) is 0.727. The van der Waals surface area contributed by atoms with Crippen LogP contribution in [-0.4, -0.2) is 38.3 Å². The largest absolute Gasteiger partial charge is 0.348 e. The molecule has 2 rings (SSSR count). The summed E-state index contributed by atoms with van der Waals surface area (Å²) in [6.45, 7) is 3.62. The number of rotatable bonds is 5. The van der Waals surface area contributed by atoms with Crippen LogP contribution >= 0.6 is 11.3 Å². The summed E-state index contributed by atoms with van der Waals surface area (Å²) in [5, 5.41) is 3.00. The Bertz CT molecular complexity index is 451. The molecule has 0 amide bonds. The van der Waals surface area contributed by atoms with Gasteiger partial charge < -0.3 is 4.90 Å². The molecule has 18 heavy (non-hydrogen) atoms. The van der Waals surface area contributed by atoms with E-state index in [0.29, 0.717) is 6.42 Å². The van der Waals surface area contributed by atoms with Gasteiger partial charge in [-0.1, -0.05) is 6.92 Å². The summed E-state index contributed by atoms with van der Waals surface area (Å²) in [6, 6.07) is 0.0813. The molecule has 0 atom stereocenters. The van der Waals surface area contributed by atoms with Crippen molar-refractivity contribution in [2.75, 3.05) is 23.7 Å². The van der Waals surface area contributed by atoms with Gasteiger partial charge in [0.2, 0.25) is 10.0 Å². The Labute approximate surface area is 112 Å². The second-order valence-electron chi connectivity index (χ2n) is 4.51. The van der Waals surface area contributed by atoms with Crippen LogP contribution in [0.5, 0.6) is 0 Å². The van der Waals surface area contributed by atoms with E-state index in [1.165, 1.54) is 0 Å². The lowest BCUT2D eigenvalue weighted by molar-refractivity contribution is 0.459. The van der Waals surface area contributed by atoms with Crippen LogP contribution in [0.4, 0.5) is 5.13 Å². The van der Waals surface area contributed by atoms with Crippen molar-refractivity contribution in [3.05, 3.63) is 11.6 Å². The van der Waals surface area contributed by atoms with Crippen molar-refractivity contribution in [1.29, 1.82) is 0 Å². The molecule has 1 fully saturated rings. The molecular weight excluding hydrogens is 270 g/mol. The molecule has 0 aliphatic carbocycles. The first-order chi connectivity index (χ1) is 8.61. The lowest BCUT2D eigenvalue weighted by Crippen LogP contribution is -2.45. The molecular formula is C11H19N3O2S2. The summed E-state index contributed by atoms with van der Waals surface area (Å²) in [5.41, 5.74) is 0. The number of piperidine rings is 1. The van der Waals surface area contributed by atoms with Crippen LogP contribution in [-0.2, 0) is 10.0 Å². The number of anilines is 1. The van der Waals surface area contributed by atoms with Gasteiger partial charge in [0.25, 0.3) is 0 Å². The highest BCUT2D eigenvalue weighted by Gasteiger charge is 2.23. The number of nitrogens with one attached hydrogen (secondary N) is 1. The van der Waals surface area contributed by atoms with E-state index in [-0.39, 0.29) is 11.8 Å². The lowest BCUT2D eigenvalue weighted by atomic mass is 10.1. The van der Waals surface area contributed by atoms with Gasteiger partial charge in [-0.15, -0.1) is 11.3 Å². The van der Waals surface area contributed by atoms with Crippen molar-refractivity contribution in [3.63, 3.8) is 0 Å². The molecule has 102 valence electrons. The van der Waals surface area contributed by atoms with E-state index in [1.54, 1.807) is 17.5 Å². The van der Waals surface area contributed by atoms with Gasteiger partial charge in [0.15, 0.2) is 5.13 Å². The van der Waals surface area contributed by atoms with Gasteiger partial charge in [-0.05, 0) is 19.3 Å². The number of hydrogen-bond acceptors (Lipinski definition) is 5. The minimum atomic E-state index is -3.08. The number of thiazole rings is 1. The highest BCUT2D eigenvalue weighted by Crippen LogP contribution is 2.22. The topological polar surface area (TPSA) is 62.3 Å². The van der Waals surface area contributed by atoms with Gasteiger partial charge in [0, 0.05) is 30.7 Å². The molecule has 0 unspecified atom stereocenters. The second-order valence-corrected chi connectivity index (χ2v) is 7.26. The Morgan fingerprint density at radius 1 is 1.50 bits per heavy atom. The predicted molar refractivity (Wildman–Crippen MR) is 74.6 cm³/mol. The minimum Gasteiger partial charge on any atom is -0.348 e. The molecule has 1 saturated heterocycles. The third-order valence-electron chi connectivity index (χ3n) is 3.00. The Balaban J connectivity index is 1.84. The Kier molecular flexibility index (Phi) is 4.58. The normalized spacial score (nSPS) is 18.2. The van der Waals surface area contributed by atoms with Crippen LogP contribution in [0.1, 0.15) is 26.2 Å². The molecule has 1 aliphatic rings. The summed E-state index contributed by atoms with van der Waals surface area (Å²) in [6.07, 6.45) is 4.16. The highest BCUT2D eigenvalue weighted by molar-refractivity contribution is 7.89. The molecule has 0 bridgehead atoms. The van der Waals surface area contributed by atoms with Crippen molar-refractivity contribution < 1.29 is 8.42 Å². The Morgan fingerprint density at radius 2 is 2.22 bits per heavy atom. The van der Waals surface area contributed by atoms with E-state index in [4.69, 9.17) is 0 Å². The first kappa shape index (κ1) is 13.8. The average Bonchev–Trinajstić information content (AvgIpc) is 2.82. The highest BCUT2D eigenvalue weighted by atomic mass is 32.2. The minimum absolute atomic E-state index is 0.0813. The van der Waals surface area contributed by atoms with E-state index in [1.807, 2.05) is 12.3 Å². The first-order valence-corrected chi connectivity index (χ1v) is 8.78. The van der Waals surface area contributed by atoms with E-state index >= 15 is 0 Å². The standard InChI is InChI=1S/C11H19N3O2S2/c1-2-9-18(15,16)13-10-3-6-14(7-4-10)11-12-5-8-17-11/h5,8,10,13H,2-4,6-7,9H2,1H3. The van der Waals surface area contributed by atoms with E-state index in [9.17, 15) is 8.42 Å². The monoisotopic (exact) mass is 289 g/mol. The van der Waals surface area contributed by atoms with Gasteiger partial charge in [0.1, 0.15) is 0 Å². The molecule has 0 aromatic carbocycles. The second kappa shape index (κ2) is 5.99. The Hall–Kier alpha value is -0.660. The van der Waals surface area contributed by atoms with Crippen LogP contribution in [0.15, 0.2) is 11.6 Å². The van der Waals surface area contributed by atoms with Crippen molar-refractivity contribution in [1.82, 2.24) is 9.71 Å². The molecule has 0 spiro atoms. The quantitative estimate of drug-likeness (QED) is 0.891. The first-order valence-electron chi connectivity index (χ1n) is 6.25. The van der Waals surface area contributed by atoms with Gasteiger partial charge in [0.05, 0.1) is 5.75 Å². The van der Waals surface area contributed by atoms with Crippen molar-refractivity contribution in [2.45, 2.75) is 32.2 Å². The lowest BCUT2D eigenvalue weighted by Gasteiger charge is -2.31.